The quantitative estimate of drug-likeness (QED) is 0.175. The van der Waals surface area contributed by atoms with Crippen LogP contribution in [0, 0.1) is 0 Å². The molecule has 2 aliphatic rings. The van der Waals surface area contributed by atoms with Gasteiger partial charge in [0.05, 0.1) is 0 Å². The van der Waals surface area contributed by atoms with Gasteiger partial charge in [-0.25, -0.2) is 0 Å². The molecule has 0 atom stereocenters. The van der Waals surface area contributed by atoms with Gasteiger partial charge in [-0.05, 0) is 114 Å². The minimum absolute atomic E-state index is 0.0178. The zero-order chi connectivity index (χ0) is 35.9. The molecule has 0 aromatic heterocycles. The van der Waals surface area contributed by atoms with Gasteiger partial charge in [0, 0.05) is 27.9 Å². The Balaban J connectivity index is 1.08. The van der Waals surface area contributed by atoms with Crippen LogP contribution in [-0.4, -0.2) is 0 Å². The second-order valence-electron chi connectivity index (χ2n) is 15.8. The first-order chi connectivity index (χ1) is 25.8. The molecule has 0 spiro atoms. The topological polar surface area (TPSA) is 3.24 Å². The van der Waals surface area contributed by atoms with Crippen LogP contribution in [0.5, 0.6) is 0 Å². The SMILES string of the molecule is CC1(C)c2ccccc2-c2ccc(N(c3ccc(-c4ccccc4)cc3)c3ccc(-c4cccc5c6c(ccc45)C(C)(C)c4ccccc4-6)cc3)cc21. The zero-order valence-corrected chi connectivity index (χ0v) is 30.7. The molecule has 0 saturated heterocycles. The number of anilines is 3. The van der Waals surface area contributed by atoms with E-state index in [0.717, 1.165) is 17.1 Å². The molecular formula is C52H41N. The number of fused-ring (bicyclic) bond motifs is 8. The van der Waals surface area contributed by atoms with Gasteiger partial charge in [0.15, 0.2) is 0 Å². The first-order valence-corrected chi connectivity index (χ1v) is 18.8. The maximum atomic E-state index is 2.42. The van der Waals surface area contributed by atoms with Gasteiger partial charge in [0.2, 0.25) is 0 Å². The van der Waals surface area contributed by atoms with Crippen LogP contribution in [0.1, 0.15) is 49.9 Å². The molecule has 0 unspecified atom stereocenters. The van der Waals surface area contributed by atoms with Gasteiger partial charge >= 0.3 is 0 Å². The van der Waals surface area contributed by atoms with Crippen LogP contribution < -0.4 is 4.90 Å². The largest absolute Gasteiger partial charge is 0.310 e. The molecule has 8 aromatic carbocycles. The predicted molar refractivity (Wildman–Crippen MR) is 225 cm³/mol. The summed E-state index contributed by atoms with van der Waals surface area (Å²) < 4.78 is 0. The van der Waals surface area contributed by atoms with Crippen molar-refractivity contribution >= 4 is 27.8 Å². The molecule has 0 heterocycles. The molecule has 0 bridgehead atoms. The Bertz CT molecular complexity index is 2700. The lowest BCUT2D eigenvalue weighted by atomic mass is 9.82. The summed E-state index contributed by atoms with van der Waals surface area (Å²) in [7, 11) is 0. The highest BCUT2D eigenvalue weighted by atomic mass is 15.1. The molecule has 53 heavy (non-hydrogen) atoms. The summed E-state index contributed by atoms with van der Waals surface area (Å²) in [6.45, 7) is 9.42. The number of benzene rings is 8. The molecular weight excluding hydrogens is 639 g/mol. The number of hydrogen-bond acceptors (Lipinski definition) is 1. The smallest absolute Gasteiger partial charge is 0.0465 e. The van der Waals surface area contributed by atoms with Gasteiger partial charge in [-0.2, -0.15) is 0 Å². The van der Waals surface area contributed by atoms with Crippen LogP contribution in [0.4, 0.5) is 17.1 Å². The molecule has 1 nitrogen and oxygen atoms in total. The maximum absolute atomic E-state index is 2.42. The highest BCUT2D eigenvalue weighted by Crippen LogP contribution is 2.53. The van der Waals surface area contributed by atoms with Gasteiger partial charge in [-0.1, -0.05) is 167 Å². The average Bonchev–Trinajstić information content (AvgIpc) is 3.58. The Hall–Kier alpha value is -6.18. The lowest BCUT2D eigenvalue weighted by Gasteiger charge is -2.28. The summed E-state index contributed by atoms with van der Waals surface area (Å²) >= 11 is 0. The predicted octanol–water partition coefficient (Wildman–Crippen LogP) is 14.3. The van der Waals surface area contributed by atoms with Crippen molar-refractivity contribution < 1.29 is 0 Å². The van der Waals surface area contributed by atoms with Gasteiger partial charge < -0.3 is 4.90 Å². The molecule has 0 saturated carbocycles. The van der Waals surface area contributed by atoms with Crippen molar-refractivity contribution in [2.45, 2.75) is 38.5 Å². The third kappa shape index (κ3) is 4.77. The zero-order valence-electron chi connectivity index (χ0n) is 30.7. The van der Waals surface area contributed by atoms with Crippen molar-refractivity contribution in [1.82, 2.24) is 0 Å². The Morgan fingerprint density at radius 1 is 0.321 bits per heavy atom. The van der Waals surface area contributed by atoms with Crippen LogP contribution in [0.3, 0.4) is 0 Å². The Labute approximate surface area is 312 Å². The fourth-order valence-electron chi connectivity index (χ4n) is 9.31. The average molecular weight is 680 g/mol. The number of rotatable bonds is 5. The fourth-order valence-corrected chi connectivity index (χ4v) is 9.31. The lowest BCUT2D eigenvalue weighted by Crippen LogP contribution is -2.16. The van der Waals surface area contributed by atoms with Gasteiger partial charge in [-0.3, -0.25) is 0 Å². The highest BCUT2D eigenvalue weighted by molar-refractivity contribution is 6.08. The second kappa shape index (κ2) is 11.7. The monoisotopic (exact) mass is 679 g/mol. The van der Waals surface area contributed by atoms with Crippen LogP contribution in [0.25, 0.3) is 55.3 Å². The first kappa shape index (κ1) is 31.5. The summed E-state index contributed by atoms with van der Waals surface area (Å²) in [6.07, 6.45) is 0. The van der Waals surface area contributed by atoms with E-state index in [9.17, 15) is 0 Å². The van der Waals surface area contributed by atoms with Crippen LogP contribution >= 0.6 is 0 Å². The van der Waals surface area contributed by atoms with E-state index in [-0.39, 0.29) is 10.8 Å². The number of nitrogens with zero attached hydrogens (tertiary/aromatic N) is 1. The first-order valence-electron chi connectivity index (χ1n) is 18.8. The van der Waals surface area contributed by atoms with E-state index in [1.807, 2.05) is 0 Å². The van der Waals surface area contributed by atoms with E-state index in [1.165, 1.54) is 77.5 Å². The molecule has 0 amide bonds. The van der Waals surface area contributed by atoms with E-state index < -0.39 is 0 Å². The molecule has 0 fully saturated rings. The molecule has 0 N–H and O–H groups in total. The van der Waals surface area contributed by atoms with Crippen molar-refractivity contribution in [1.29, 1.82) is 0 Å². The van der Waals surface area contributed by atoms with Gasteiger partial charge in [0.1, 0.15) is 0 Å². The molecule has 2 aliphatic carbocycles. The van der Waals surface area contributed by atoms with Crippen LogP contribution in [-0.2, 0) is 10.8 Å². The molecule has 8 aromatic rings. The Morgan fingerprint density at radius 3 is 1.57 bits per heavy atom. The standard InChI is InChI=1S/C52H41N/c1-51(2)47-20-11-9-16-45(47)50-44-18-12-17-40(41(44)31-32-48(50)51)36-23-27-38(28-24-36)53(37-25-21-35(22-26-37)34-13-6-5-7-14-34)39-29-30-43-42-15-8-10-19-46(42)52(3,4)49(43)33-39/h5-33H,1-4H3. The Kier molecular flexibility index (Phi) is 6.94. The summed E-state index contributed by atoms with van der Waals surface area (Å²) in [5, 5.41) is 2.62. The van der Waals surface area contributed by atoms with Gasteiger partial charge in [-0.15, -0.1) is 0 Å². The summed E-state index contributed by atoms with van der Waals surface area (Å²) in [5.74, 6) is 0. The third-order valence-electron chi connectivity index (χ3n) is 12.1. The molecule has 10 rings (SSSR count). The summed E-state index contributed by atoms with van der Waals surface area (Å²) in [4.78, 5) is 2.41. The number of hydrogen-bond donors (Lipinski definition) is 0. The molecule has 1 heteroatoms. The summed E-state index contributed by atoms with van der Waals surface area (Å²) in [5.41, 5.74) is 19.2. The normalized spacial score (nSPS) is 14.3. The highest BCUT2D eigenvalue weighted by Gasteiger charge is 2.37. The molecule has 254 valence electrons. The van der Waals surface area contributed by atoms with Crippen molar-refractivity contribution in [3.05, 3.63) is 198 Å². The lowest BCUT2D eigenvalue weighted by molar-refractivity contribution is 0.660. The van der Waals surface area contributed by atoms with Crippen LogP contribution in [0.2, 0.25) is 0 Å². The van der Waals surface area contributed by atoms with E-state index in [1.54, 1.807) is 0 Å². The van der Waals surface area contributed by atoms with E-state index in [4.69, 9.17) is 0 Å². The molecule has 0 aliphatic heterocycles. The maximum Gasteiger partial charge on any atom is 0.0465 e. The third-order valence-corrected chi connectivity index (χ3v) is 12.1. The van der Waals surface area contributed by atoms with Gasteiger partial charge in [0.25, 0.3) is 0 Å². The van der Waals surface area contributed by atoms with Crippen molar-refractivity contribution in [3.63, 3.8) is 0 Å². The van der Waals surface area contributed by atoms with Crippen molar-refractivity contribution in [3.8, 4) is 44.5 Å². The minimum atomic E-state index is -0.0844. The summed E-state index contributed by atoms with van der Waals surface area (Å²) in [6, 6.07) is 65.2. The Morgan fingerprint density at radius 2 is 0.849 bits per heavy atom. The van der Waals surface area contributed by atoms with E-state index >= 15 is 0 Å². The van der Waals surface area contributed by atoms with E-state index in [2.05, 4.69) is 209 Å². The van der Waals surface area contributed by atoms with E-state index in [0.29, 0.717) is 0 Å². The van der Waals surface area contributed by atoms with Crippen molar-refractivity contribution in [2.24, 2.45) is 0 Å². The molecule has 0 radical (unpaired) electrons. The second-order valence-corrected chi connectivity index (χ2v) is 15.8. The van der Waals surface area contributed by atoms with Crippen LogP contribution in [0.15, 0.2) is 176 Å². The minimum Gasteiger partial charge on any atom is -0.310 e. The van der Waals surface area contributed by atoms with Crippen molar-refractivity contribution in [2.75, 3.05) is 4.90 Å². The fraction of sp³-hybridized carbons (Fsp3) is 0.115.